The molecule has 10 nitrogen and oxygen atoms in total. The number of hydrogen-bond donors (Lipinski definition) is 3. The van der Waals surface area contributed by atoms with E-state index in [2.05, 4.69) is 20.9 Å². The summed E-state index contributed by atoms with van der Waals surface area (Å²) in [5.41, 5.74) is 3.77. The molecule has 5 aromatic carbocycles. The maximum absolute atomic E-state index is 14.0. The van der Waals surface area contributed by atoms with Gasteiger partial charge < -0.3 is 30.2 Å². The molecule has 0 saturated carbocycles. The second kappa shape index (κ2) is 17.9. The number of thioether (sulfide) groups is 1. The summed E-state index contributed by atoms with van der Waals surface area (Å²) >= 11 is 2.69. The third-order valence-electron chi connectivity index (χ3n) is 8.05. The summed E-state index contributed by atoms with van der Waals surface area (Å²) in [4.78, 5) is 46.5. The number of methoxy groups -OCH3 is 3. The van der Waals surface area contributed by atoms with Crippen molar-refractivity contribution in [3.05, 3.63) is 155 Å². The number of amides is 3. The van der Waals surface area contributed by atoms with Gasteiger partial charge in [0.05, 0.1) is 27.0 Å². The molecule has 6 rings (SSSR count). The van der Waals surface area contributed by atoms with E-state index in [-0.39, 0.29) is 11.6 Å². The third-order valence-corrected chi connectivity index (χ3v) is 10.1. The number of carbonyl (C=O) groups is 3. The van der Waals surface area contributed by atoms with Crippen molar-refractivity contribution in [2.24, 2.45) is 0 Å². The molecule has 0 bridgehead atoms. The fourth-order valence-corrected chi connectivity index (χ4v) is 7.20. The minimum absolute atomic E-state index is 0.0488. The van der Waals surface area contributed by atoms with Gasteiger partial charge in [-0.2, -0.15) is 0 Å². The second-order valence-corrected chi connectivity index (χ2v) is 13.6. The summed E-state index contributed by atoms with van der Waals surface area (Å²) in [5, 5.41) is 10.4. The molecule has 0 spiro atoms. The predicted molar refractivity (Wildman–Crippen MR) is 214 cm³/mol. The molecule has 1 unspecified atom stereocenters. The number of rotatable bonds is 14. The number of aromatic nitrogens is 1. The summed E-state index contributed by atoms with van der Waals surface area (Å²) in [6.07, 6.45) is 1.51. The molecule has 0 aliphatic rings. The van der Waals surface area contributed by atoms with E-state index in [1.807, 2.05) is 72.1 Å². The molecule has 0 radical (unpaired) electrons. The van der Waals surface area contributed by atoms with Gasteiger partial charge in [0.25, 0.3) is 11.8 Å². The summed E-state index contributed by atoms with van der Waals surface area (Å²) < 4.78 is 16.5. The Morgan fingerprint density at radius 1 is 0.722 bits per heavy atom. The van der Waals surface area contributed by atoms with Crippen LogP contribution in [0.3, 0.4) is 0 Å². The van der Waals surface area contributed by atoms with Crippen molar-refractivity contribution in [3.8, 4) is 28.5 Å². The van der Waals surface area contributed by atoms with Gasteiger partial charge in [0.1, 0.15) is 16.7 Å². The second-order valence-electron chi connectivity index (χ2n) is 11.6. The van der Waals surface area contributed by atoms with Crippen molar-refractivity contribution in [1.82, 2.24) is 10.3 Å². The van der Waals surface area contributed by atoms with Crippen molar-refractivity contribution in [1.29, 1.82) is 0 Å². The molecular weight excluding hydrogens is 721 g/mol. The Bertz CT molecular complexity index is 2260. The van der Waals surface area contributed by atoms with E-state index in [0.29, 0.717) is 39.2 Å². The molecule has 1 heterocycles. The summed E-state index contributed by atoms with van der Waals surface area (Å²) in [5.74, 6) is -0.0720. The molecule has 1 atom stereocenters. The molecule has 54 heavy (non-hydrogen) atoms. The number of nitrogens with zero attached hydrogens (tertiary/aromatic N) is 1. The number of thiazole rings is 1. The number of benzene rings is 5. The van der Waals surface area contributed by atoms with Gasteiger partial charge in [0.2, 0.25) is 5.91 Å². The number of nitrogens with one attached hydrogen (secondary N) is 3. The van der Waals surface area contributed by atoms with Gasteiger partial charge in [-0.3, -0.25) is 14.4 Å². The first-order valence-electron chi connectivity index (χ1n) is 16.7. The highest BCUT2D eigenvalue weighted by molar-refractivity contribution is 8.00. The highest BCUT2D eigenvalue weighted by atomic mass is 32.2. The molecule has 3 amide bonds. The molecule has 0 aliphatic heterocycles. The zero-order valence-corrected chi connectivity index (χ0v) is 31.2. The first-order valence-corrected chi connectivity index (χ1v) is 18.4. The van der Waals surface area contributed by atoms with E-state index in [0.717, 1.165) is 21.7 Å². The average molecular weight is 757 g/mol. The Labute approximate surface area is 321 Å². The summed E-state index contributed by atoms with van der Waals surface area (Å²) in [6.45, 7) is 0. The highest BCUT2D eigenvalue weighted by Crippen LogP contribution is 2.38. The van der Waals surface area contributed by atoms with Crippen molar-refractivity contribution >= 4 is 57.7 Å². The Hall–Kier alpha value is -6.37. The molecule has 0 saturated heterocycles. The van der Waals surface area contributed by atoms with Gasteiger partial charge in [0, 0.05) is 38.7 Å². The average Bonchev–Trinajstić information content (AvgIpc) is 3.68. The zero-order valence-electron chi connectivity index (χ0n) is 29.6. The smallest absolute Gasteiger partial charge is 0.272 e. The maximum atomic E-state index is 14.0. The fourth-order valence-electron chi connectivity index (χ4n) is 5.39. The van der Waals surface area contributed by atoms with Crippen molar-refractivity contribution in [2.75, 3.05) is 32.0 Å². The van der Waals surface area contributed by atoms with E-state index >= 15 is 0 Å². The molecule has 12 heteroatoms. The SMILES string of the molecule is COc1cc(OC)c(OC)cc1/C=C(/NC(=O)c1ccccc1)C(=O)Nc1cccc(SC(C(=O)Nc2nc(-c3ccccc3)cs2)c2ccccc2)c1. The van der Waals surface area contributed by atoms with Crippen LogP contribution in [0, 0.1) is 0 Å². The fraction of sp³-hybridized carbons (Fsp3) is 0.0952. The molecule has 0 fully saturated rings. The highest BCUT2D eigenvalue weighted by Gasteiger charge is 2.24. The lowest BCUT2D eigenvalue weighted by Gasteiger charge is -2.17. The van der Waals surface area contributed by atoms with Crippen LogP contribution in [-0.2, 0) is 9.59 Å². The van der Waals surface area contributed by atoms with Gasteiger partial charge in [-0.25, -0.2) is 4.98 Å². The summed E-state index contributed by atoms with van der Waals surface area (Å²) in [7, 11) is 4.50. The van der Waals surface area contributed by atoms with Crippen LogP contribution in [0.25, 0.3) is 17.3 Å². The van der Waals surface area contributed by atoms with Gasteiger partial charge in [-0.1, -0.05) is 84.9 Å². The van der Waals surface area contributed by atoms with Crippen LogP contribution in [0.1, 0.15) is 26.7 Å². The minimum atomic E-state index is -0.639. The molecule has 0 aliphatic carbocycles. The van der Waals surface area contributed by atoms with E-state index in [9.17, 15) is 14.4 Å². The Morgan fingerprint density at radius 3 is 2.06 bits per heavy atom. The van der Waals surface area contributed by atoms with Crippen LogP contribution in [0.15, 0.2) is 143 Å². The maximum Gasteiger partial charge on any atom is 0.272 e. The largest absolute Gasteiger partial charge is 0.496 e. The lowest BCUT2D eigenvalue weighted by molar-refractivity contribution is -0.116. The number of carbonyl (C=O) groups excluding carboxylic acids is 3. The normalized spacial score (nSPS) is 11.6. The number of ether oxygens (including phenoxy) is 3. The van der Waals surface area contributed by atoms with Crippen LogP contribution < -0.4 is 30.2 Å². The van der Waals surface area contributed by atoms with Crippen molar-refractivity contribution in [3.63, 3.8) is 0 Å². The molecule has 272 valence electrons. The summed E-state index contributed by atoms with van der Waals surface area (Å²) in [6, 6.07) is 38.2. The number of hydrogen-bond acceptors (Lipinski definition) is 9. The molecule has 3 N–H and O–H groups in total. The Kier molecular flexibility index (Phi) is 12.4. The van der Waals surface area contributed by atoms with Gasteiger partial charge in [0.15, 0.2) is 16.6 Å². The van der Waals surface area contributed by atoms with Gasteiger partial charge in [-0.15, -0.1) is 23.1 Å². The van der Waals surface area contributed by atoms with Gasteiger partial charge in [-0.05, 0) is 48.0 Å². The number of anilines is 2. The van der Waals surface area contributed by atoms with Crippen LogP contribution in [0.5, 0.6) is 17.2 Å². The van der Waals surface area contributed by atoms with E-state index in [1.165, 1.54) is 50.5 Å². The quantitative estimate of drug-likeness (QED) is 0.0744. The van der Waals surface area contributed by atoms with Crippen LogP contribution in [0.2, 0.25) is 0 Å². The lowest BCUT2D eigenvalue weighted by Crippen LogP contribution is -2.30. The molecular formula is C42H36N4O6S2. The third kappa shape index (κ3) is 9.34. The molecule has 6 aromatic rings. The minimum Gasteiger partial charge on any atom is -0.496 e. The van der Waals surface area contributed by atoms with Crippen LogP contribution >= 0.6 is 23.1 Å². The lowest BCUT2D eigenvalue weighted by atomic mass is 10.1. The van der Waals surface area contributed by atoms with E-state index in [1.54, 1.807) is 60.7 Å². The topological polar surface area (TPSA) is 128 Å². The predicted octanol–water partition coefficient (Wildman–Crippen LogP) is 8.72. The monoisotopic (exact) mass is 756 g/mol. The first-order chi connectivity index (χ1) is 26.3. The Balaban J connectivity index is 1.26. The van der Waals surface area contributed by atoms with Crippen LogP contribution in [0.4, 0.5) is 10.8 Å². The van der Waals surface area contributed by atoms with Crippen molar-refractivity contribution in [2.45, 2.75) is 10.1 Å². The first kappa shape index (κ1) is 37.4. The van der Waals surface area contributed by atoms with E-state index in [4.69, 9.17) is 14.2 Å². The Morgan fingerprint density at radius 2 is 1.37 bits per heavy atom. The standard InChI is InChI=1S/C42H36N4O6S2/c1-50-35-25-37(52-3)36(51-2)23-30(35)22-33(44-39(47)29-18-11-6-12-19-29)40(48)43-31-20-13-21-32(24-31)54-38(28-16-9-5-10-17-28)41(49)46-42-45-34(26-53-42)27-14-7-4-8-15-27/h4-26,38H,1-3H3,(H,43,48)(H,44,47)(H,45,46,49)/b33-22+. The van der Waals surface area contributed by atoms with E-state index < -0.39 is 17.1 Å². The zero-order chi connectivity index (χ0) is 37.9. The molecule has 1 aromatic heterocycles. The van der Waals surface area contributed by atoms with Crippen molar-refractivity contribution < 1.29 is 28.6 Å². The van der Waals surface area contributed by atoms with Gasteiger partial charge >= 0.3 is 0 Å². The van der Waals surface area contributed by atoms with Crippen LogP contribution in [-0.4, -0.2) is 44.0 Å².